The highest BCUT2D eigenvalue weighted by Gasteiger charge is 2.53. The van der Waals surface area contributed by atoms with Crippen molar-refractivity contribution in [1.29, 1.82) is 0 Å². The molecule has 1 atom stereocenters. The molecular weight excluding hydrogens is 483 g/mol. The number of halogens is 1. The van der Waals surface area contributed by atoms with Crippen LogP contribution in [0.4, 0.5) is 9.18 Å². The van der Waals surface area contributed by atoms with Gasteiger partial charge >= 0.3 is 6.03 Å². The maximum atomic E-state index is 15.2. The Balaban J connectivity index is 1.29. The summed E-state index contributed by atoms with van der Waals surface area (Å²) in [5, 5.41) is 12.0. The topological polar surface area (TPSA) is 146 Å². The third-order valence-electron chi connectivity index (χ3n) is 6.77. The van der Waals surface area contributed by atoms with E-state index in [0.717, 1.165) is 5.56 Å². The second-order valence-corrected chi connectivity index (χ2v) is 9.15. The van der Waals surface area contributed by atoms with Crippen LogP contribution in [-0.4, -0.2) is 44.5 Å². The molecule has 184 valence electrons. The van der Waals surface area contributed by atoms with Crippen molar-refractivity contribution < 1.29 is 27.6 Å². The van der Waals surface area contributed by atoms with Crippen LogP contribution in [-0.2, 0) is 16.9 Å². The number of hydrogen-bond acceptors (Lipinski definition) is 7. The van der Waals surface area contributed by atoms with Gasteiger partial charge in [0.2, 0.25) is 0 Å². The molecule has 1 unspecified atom stereocenters. The zero-order valence-electron chi connectivity index (χ0n) is 19.2. The quantitative estimate of drug-likeness (QED) is 0.321. The minimum Gasteiger partial charge on any atom is -0.458 e. The van der Waals surface area contributed by atoms with Gasteiger partial charge in [-0.05, 0) is 36.8 Å². The van der Waals surface area contributed by atoms with Crippen molar-refractivity contribution in [3.05, 3.63) is 71.2 Å². The van der Waals surface area contributed by atoms with Gasteiger partial charge in [0.05, 0.1) is 24.0 Å². The first kappa shape index (κ1) is 21.3. The minimum atomic E-state index is -1.74. The summed E-state index contributed by atoms with van der Waals surface area (Å²) in [6.45, 7) is 1.45. The summed E-state index contributed by atoms with van der Waals surface area (Å²) in [5.41, 5.74) is 0.831. The third-order valence-corrected chi connectivity index (χ3v) is 6.77. The van der Waals surface area contributed by atoms with Gasteiger partial charge in [-0.3, -0.25) is 20.0 Å². The number of aryl methyl sites for hydroxylation is 1. The molecule has 1 saturated heterocycles. The maximum Gasteiger partial charge on any atom is 0.322 e. The molecule has 7 rings (SSSR count). The number of carbonyl (C=O) groups is 3. The van der Waals surface area contributed by atoms with Crippen LogP contribution < -0.4 is 10.6 Å². The molecule has 5 aromatic rings. The molecule has 2 aliphatic rings. The van der Waals surface area contributed by atoms with E-state index in [0.29, 0.717) is 33.5 Å². The monoisotopic (exact) mass is 500 g/mol. The Morgan fingerprint density at radius 2 is 2.03 bits per heavy atom. The summed E-state index contributed by atoms with van der Waals surface area (Å²) < 4.78 is 26.7. The number of H-pyrrole nitrogens is 1. The summed E-state index contributed by atoms with van der Waals surface area (Å²) >= 11 is 0. The molecule has 4 amide bonds. The van der Waals surface area contributed by atoms with E-state index in [9.17, 15) is 14.4 Å². The number of furan rings is 2. The second-order valence-electron chi connectivity index (χ2n) is 9.15. The molecule has 0 saturated carbocycles. The number of aromatic nitrogens is 3. The Morgan fingerprint density at radius 3 is 2.78 bits per heavy atom. The number of rotatable bonds is 4. The Kier molecular flexibility index (Phi) is 4.18. The average Bonchev–Trinajstić information content (AvgIpc) is 3.66. The molecule has 0 radical (unpaired) electrons. The van der Waals surface area contributed by atoms with Crippen LogP contribution in [0.5, 0.6) is 0 Å². The highest BCUT2D eigenvalue weighted by Crippen LogP contribution is 2.37. The molecule has 1 aromatic carbocycles. The Bertz CT molecular complexity index is 1790. The van der Waals surface area contributed by atoms with E-state index in [1.807, 2.05) is 0 Å². The first-order valence-corrected chi connectivity index (χ1v) is 11.4. The fraction of sp³-hybridized carbons (Fsp3) is 0.160. The van der Waals surface area contributed by atoms with Crippen molar-refractivity contribution in [3.63, 3.8) is 0 Å². The number of benzene rings is 1. The summed E-state index contributed by atoms with van der Waals surface area (Å²) in [6, 6.07) is 7.64. The van der Waals surface area contributed by atoms with Crippen molar-refractivity contribution in [3.8, 4) is 11.3 Å². The summed E-state index contributed by atoms with van der Waals surface area (Å²) in [5.74, 6) is -1.44. The lowest BCUT2D eigenvalue weighted by atomic mass is 9.95. The first-order chi connectivity index (χ1) is 17.8. The molecule has 0 spiro atoms. The van der Waals surface area contributed by atoms with Crippen LogP contribution in [0.25, 0.3) is 33.3 Å². The smallest absolute Gasteiger partial charge is 0.322 e. The highest BCUT2D eigenvalue weighted by atomic mass is 19.1. The summed E-state index contributed by atoms with van der Waals surface area (Å²) in [7, 11) is 0. The van der Waals surface area contributed by atoms with Gasteiger partial charge in [-0.1, -0.05) is 0 Å². The van der Waals surface area contributed by atoms with Gasteiger partial charge in [-0.25, -0.2) is 14.2 Å². The zero-order chi connectivity index (χ0) is 25.5. The number of urea groups is 1. The molecule has 2 aliphatic heterocycles. The normalized spacial score (nSPS) is 19.2. The first-order valence-electron chi connectivity index (χ1n) is 11.4. The highest BCUT2D eigenvalue weighted by molar-refractivity contribution is 6.08. The number of carbonyl (C=O) groups excluding carboxylic acids is 3. The molecule has 3 N–H and O–H groups in total. The van der Waals surface area contributed by atoms with E-state index < -0.39 is 29.2 Å². The maximum absolute atomic E-state index is 15.2. The van der Waals surface area contributed by atoms with Gasteiger partial charge in [0.15, 0.2) is 22.5 Å². The number of pyridine rings is 1. The molecule has 4 aromatic heterocycles. The van der Waals surface area contributed by atoms with Gasteiger partial charge in [0.1, 0.15) is 17.0 Å². The lowest BCUT2D eigenvalue weighted by molar-refractivity contribution is -0.125. The van der Waals surface area contributed by atoms with E-state index in [4.69, 9.17) is 8.83 Å². The summed E-state index contributed by atoms with van der Waals surface area (Å²) in [4.78, 5) is 44.6. The predicted molar refractivity (Wildman–Crippen MR) is 126 cm³/mol. The van der Waals surface area contributed by atoms with E-state index in [2.05, 4.69) is 25.8 Å². The number of aromatic amines is 1. The molecule has 12 heteroatoms. The van der Waals surface area contributed by atoms with Gasteiger partial charge < -0.3 is 19.1 Å². The van der Waals surface area contributed by atoms with Crippen molar-refractivity contribution in [2.24, 2.45) is 0 Å². The average molecular weight is 500 g/mol. The number of imide groups is 1. The van der Waals surface area contributed by atoms with Gasteiger partial charge in [-0.15, -0.1) is 0 Å². The standard InChI is InChI=1S/C25H17FN6O5/c1-11-4-12-5-13-9-32(22(33)19(13)20(26)21(12)36-11)10-25(23(34)30-24(35)31-25)18-6-16-17(37-18)3-2-15(29-16)14-7-27-28-8-14/h2-8H,9-10H2,1H3,(H,27,28)(H2,30,31,34,35). The molecule has 0 aliphatic carbocycles. The zero-order valence-corrected chi connectivity index (χ0v) is 19.2. The van der Waals surface area contributed by atoms with Gasteiger partial charge in [0.25, 0.3) is 11.8 Å². The molecule has 6 heterocycles. The number of nitrogens with one attached hydrogen (secondary N) is 3. The van der Waals surface area contributed by atoms with Crippen LogP contribution in [0.15, 0.2) is 51.6 Å². The van der Waals surface area contributed by atoms with E-state index >= 15 is 4.39 Å². The Hall–Kier alpha value is -5.00. The Labute approximate surface area is 206 Å². The molecule has 0 bridgehead atoms. The Morgan fingerprint density at radius 1 is 1.16 bits per heavy atom. The fourth-order valence-corrected chi connectivity index (χ4v) is 5.07. The van der Waals surface area contributed by atoms with Crippen LogP contribution in [0.3, 0.4) is 0 Å². The van der Waals surface area contributed by atoms with Crippen LogP contribution >= 0.6 is 0 Å². The van der Waals surface area contributed by atoms with E-state index in [1.165, 1.54) is 4.90 Å². The number of amides is 4. The molecular formula is C25H17FN6O5. The van der Waals surface area contributed by atoms with Crippen LogP contribution in [0, 0.1) is 12.7 Å². The van der Waals surface area contributed by atoms with E-state index in [1.54, 1.807) is 49.6 Å². The minimum absolute atomic E-state index is 0.00450. The summed E-state index contributed by atoms with van der Waals surface area (Å²) in [6.07, 6.45) is 3.31. The largest absolute Gasteiger partial charge is 0.458 e. The predicted octanol–water partition coefficient (Wildman–Crippen LogP) is 3.10. The van der Waals surface area contributed by atoms with Crippen LogP contribution in [0.1, 0.15) is 27.4 Å². The number of fused-ring (bicyclic) bond motifs is 3. The van der Waals surface area contributed by atoms with E-state index in [-0.39, 0.29) is 30.0 Å². The van der Waals surface area contributed by atoms with Gasteiger partial charge in [-0.2, -0.15) is 5.10 Å². The van der Waals surface area contributed by atoms with Crippen molar-refractivity contribution >= 4 is 39.9 Å². The third kappa shape index (κ3) is 3.01. The number of nitrogens with zero attached hydrogens (tertiary/aromatic N) is 3. The van der Waals surface area contributed by atoms with Crippen molar-refractivity contribution in [2.45, 2.75) is 19.0 Å². The molecule has 1 fully saturated rings. The van der Waals surface area contributed by atoms with Crippen molar-refractivity contribution in [1.82, 2.24) is 30.7 Å². The second kappa shape index (κ2) is 7.26. The lowest BCUT2D eigenvalue weighted by Crippen LogP contribution is -2.52. The SMILES string of the molecule is Cc1cc2cc3c(c(F)c2o1)C(=O)N(CC1(c2cc4nc(-c5cn[nH]c5)ccc4o2)NC(=O)NC1=O)C3. The van der Waals surface area contributed by atoms with Crippen molar-refractivity contribution in [2.75, 3.05) is 6.54 Å². The number of hydrogen-bond donors (Lipinski definition) is 3. The fourth-order valence-electron chi connectivity index (χ4n) is 5.07. The molecule has 37 heavy (non-hydrogen) atoms. The van der Waals surface area contributed by atoms with Crippen LogP contribution in [0.2, 0.25) is 0 Å². The molecule has 11 nitrogen and oxygen atoms in total. The van der Waals surface area contributed by atoms with Gasteiger partial charge in [0, 0.05) is 29.8 Å². The lowest BCUT2D eigenvalue weighted by Gasteiger charge is -2.28.